The maximum absolute atomic E-state index is 12.3. The average Bonchev–Trinajstić information content (AvgIpc) is 3.04. The molecule has 0 aliphatic heterocycles. The van der Waals surface area contributed by atoms with Crippen molar-refractivity contribution >= 4 is 11.6 Å². The highest BCUT2D eigenvalue weighted by atomic mass is 16.1. The number of pyridine rings is 1. The van der Waals surface area contributed by atoms with Crippen molar-refractivity contribution in [3.8, 4) is 5.82 Å². The van der Waals surface area contributed by atoms with Crippen LogP contribution in [0.1, 0.15) is 32.1 Å². The monoisotopic (exact) mass is 300 g/mol. The van der Waals surface area contributed by atoms with Crippen molar-refractivity contribution in [3.05, 3.63) is 31.0 Å². The molecule has 1 amide bonds. The number of carbonyl (C=O) groups is 1. The van der Waals surface area contributed by atoms with E-state index in [9.17, 15) is 4.79 Å². The molecule has 2 unspecified atom stereocenters. The first-order chi connectivity index (χ1) is 10.7. The van der Waals surface area contributed by atoms with E-state index in [1.165, 1.54) is 17.4 Å². The van der Waals surface area contributed by atoms with Crippen LogP contribution >= 0.6 is 0 Å². The fraction of sp³-hybridized carbons (Fsp3) is 0.467. The number of rotatable bonds is 4. The molecule has 1 aliphatic carbocycles. The number of anilines is 1. The topological polar surface area (TPSA) is 98.7 Å². The lowest BCUT2D eigenvalue weighted by molar-refractivity contribution is -0.117. The molecule has 0 spiro atoms. The van der Waals surface area contributed by atoms with Gasteiger partial charge in [-0.25, -0.2) is 14.6 Å². The van der Waals surface area contributed by atoms with E-state index in [2.05, 4.69) is 20.4 Å². The molecule has 7 heteroatoms. The molecule has 0 bridgehead atoms. The van der Waals surface area contributed by atoms with E-state index >= 15 is 0 Å². The fourth-order valence-electron chi connectivity index (χ4n) is 2.92. The van der Waals surface area contributed by atoms with E-state index in [4.69, 9.17) is 5.73 Å². The highest BCUT2D eigenvalue weighted by Gasteiger charge is 2.24. The predicted octanol–water partition coefficient (Wildman–Crippen LogP) is 1.51. The molecule has 2 heterocycles. The minimum atomic E-state index is -0.0308. The molecule has 0 saturated heterocycles. The van der Waals surface area contributed by atoms with Gasteiger partial charge in [0.1, 0.15) is 12.7 Å². The van der Waals surface area contributed by atoms with Crippen LogP contribution in [-0.2, 0) is 4.79 Å². The van der Waals surface area contributed by atoms with Crippen molar-refractivity contribution in [2.45, 2.75) is 38.1 Å². The SMILES string of the molecule is NC1CCCCC1CC(=O)Nc1cccnc1-n1cncn1. The summed E-state index contributed by atoms with van der Waals surface area (Å²) in [5, 5.41) is 6.97. The zero-order chi connectivity index (χ0) is 15.4. The van der Waals surface area contributed by atoms with Crippen molar-refractivity contribution in [2.24, 2.45) is 11.7 Å². The fourth-order valence-corrected chi connectivity index (χ4v) is 2.92. The van der Waals surface area contributed by atoms with Gasteiger partial charge in [0.25, 0.3) is 0 Å². The summed E-state index contributed by atoms with van der Waals surface area (Å²) in [6, 6.07) is 3.72. The summed E-state index contributed by atoms with van der Waals surface area (Å²) in [4.78, 5) is 20.5. The Morgan fingerprint density at radius 3 is 3.05 bits per heavy atom. The Kier molecular flexibility index (Phi) is 4.43. The summed E-state index contributed by atoms with van der Waals surface area (Å²) in [5.41, 5.74) is 6.74. The number of hydrogen-bond donors (Lipinski definition) is 2. The lowest BCUT2D eigenvalue weighted by Crippen LogP contribution is -2.35. The average molecular weight is 300 g/mol. The van der Waals surface area contributed by atoms with Crippen molar-refractivity contribution < 1.29 is 4.79 Å². The van der Waals surface area contributed by atoms with Gasteiger partial charge in [-0.05, 0) is 30.9 Å². The van der Waals surface area contributed by atoms with Gasteiger partial charge in [0, 0.05) is 18.7 Å². The molecule has 1 fully saturated rings. The van der Waals surface area contributed by atoms with Gasteiger partial charge in [-0.3, -0.25) is 4.79 Å². The summed E-state index contributed by atoms with van der Waals surface area (Å²) in [6.45, 7) is 0. The van der Waals surface area contributed by atoms with Gasteiger partial charge in [-0.2, -0.15) is 5.10 Å². The van der Waals surface area contributed by atoms with Gasteiger partial charge < -0.3 is 11.1 Å². The highest BCUT2D eigenvalue weighted by molar-refractivity contribution is 5.92. The van der Waals surface area contributed by atoms with Crippen molar-refractivity contribution in [1.29, 1.82) is 0 Å². The van der Waals surface area contributed by atoms with E-state index in [0.29, 0.717) is 17.9 Å². The summed E-state index contributed by atoms with van der Waals surface area (Å²) >= 11 is 0. The van der Waals surface area contributed by atoms with E-state index in [-0.39, 0.29) is 17.9 Å². The first-order valence-electron chi connectivity index (χ1n) is 7.59. The van der Waals surface area contributed by atoms with Gasteiger partial charge in [-0.1, -0.05) is 12.8 Å². The molecule has 0 aromatic carbocycles. The van der Waals surface area contributed by atoms with Gasteiger partial charge in [0.15, 0.2) is 5.82 Å². The molecule has 3 rings (SSSR count). The molecular formula is C15H20N6O. The summed E-state index contributed by atoms with van der Waals surface area (Å²) < 4.78 is 1.53. The maximum atomic E-state index is 12.3. The zero-order valence-corrected chi connectivity index (χ0v) is 12.4. The molecule has 2 aromatic heterocycles. The van der Waals surface area contributed by atoms with Crippen LogP contribution in [0.15, 0.2) is 31.0 Å². The number of aromatic nitrogens is 4. The lowest BCUT2D eigenvalue weighted by atomic mass is 9.83. The molecule has 1 aliphatic rings. The van der Waals surface area contributed by atoms with Gasteiger partial charge in [-0.15, -0.1) is 0 Å². The molecule has 116 valence electrons. The van der Waals surface area contributed by atoms with Crippen LogP contribution in [-0.4, -0.2) is 31.7 Å². The molecule has 22 heavy (non-hydrogen) atoms. The van der Waals surface area contributed by atoms with Crippen LogP contribution in [0.2, 0.25) is 0 Å². The summed E-state index contributed by atoms with van der Waals surface area (Å²) in [6.07, 6.45) is 9.45. The first-order valence-corrected chi connectivity index (χ1v) is 7.59. The van der Waals surface area contributed by atoms with Crippen LogP contribution in [0.25, 0.3) is 5.82 Å². The number of nitrogens with two attached hydrogens (primary N) is 1. The Morgan fingerprint density at radius 2 is 2.27 bits per heavy atom. The third-order valence-electron chi connectivity index (χ3n) is 4.11. The number of nitrogens with zero attached hydrogens (tertiary/aromatic N) is 4. The van der Waals surface area contributed by atoms with Gasteiger partial charge in [0.2, 0.25) is 5.91 Å². The second-order valence-corrected chi connectivity index (χ2v) is 5.68. The lowest BCUT2D eigenvalue weighted by Gasteiger charge is -2.28. The molecule has 2 aromatic rings. The van der Waals surface area contributed by atoms with Crippen LogP contribution < -0.4 is 11.1 Å². The third kappa shape index (κ3) is 3.30. The summed E-state index contributed by atoms with van der Waals surface area (Å²) in [7, 11) is 0. The normalized spacial score (nSPS) is 21.5. The maximum Gasteiger partial charge on any atom is 0.224 e. The second kappa shape index (κ2) is 6.65. The Labute approximate surface area is 129 Å². The molecule has 0 radical (unpaired) electrons. The van der Waals surface area contributed by atoms with Gasteiger partial charge >= 0.3 is 0 Å². The first kappa shape index (κ1) is 14.6. The predicted molar refractivity (Wildman–Crippen MR) is 82.3 cm³/mol. The highest BCUT2D eigenvalue weighted by Crippen LogP contribution is 2.26. The molecule has 2 atom stereocenters. The van der Waals surface area contributed by atoms with Crippen molar-refractivity contribution in [1.82, 2.24) is 19.7 Å². The Balaban J connectivity index is 1.69. The molecule has 3 N–H and O–H groups in total. The quantitative estimate of drug-likeness (QED) is 0.891. The van der Waals surface area contributed by atoms with Crippen LogP contribution in [0.4, 0.5) is 5.69 Å². The van der Waals surface area contributed by atoms with Crippen LogP contribution in [0.3, 0.4) is 0 Å². The van der Waals surface area contributed by atoms with Crippen LogP contribution in [0, 0.1) is 5.92 Å². The number of amides is 1. The standard InChI is InChI=1S/C15H20N6O/c16-12-5-2-1-4-11(12)8-14(22)20-13-6-3-7-18-15(13)21-10-17-9-19-21/h3,6-7,9-12H,1-2,4-5,8,16H2,(H,20,22). The number of carbonyl (C=O) groups excluding carboxylic acids is 1. The Morgan fingerprint density at radius 1 is 1.41 bits per heavy atom. The van der Waals surface area contributed by atoms with Crippen molar-refractivity contribution in [2.75, 3.05) is 5.32 Å². The Bertz CT molecular complexity index is 627. The zero-order valence-electron chi connectivity index (χ0n) is 12.4. The largest absolute Gasteiger partial charge is 0.327 e. The smallest absolute Gasteiger partial charge is 0.224 e. The van der Waals surface area contributed by atoms with Crippen LogP contribution in [0.5, 0.6) is 0 Å². The molecular weight excluding hydrogens is 280 g/mol. The summed E-state index contributed by atoms with van der Waals surface area (Å²) in [5.74, 6) is 0.790. The van der Waals surface area contributed by atoms with Crippen molar-refractivity contribution in [3.63, 3.8) is 0 Å². The van der Waals surface area contributed by atoms with E-state index in [1.54, 1.807) is 18.6 Å². The van der Waals surface area contributed by atoms with E-state index in [1.807, 2.05) is 6.07 Å². The van der Waals surface area contributed by atoms with E-state index in [0.717, 1.165) is 19.3 Å². The third-order valence-corrected chi connectivity index (χ3v) is 4.11. The Hall–Kier alpha value is -2.28. The number of nitrogens with one attached hydrogen (secondary N) is 1. The minimum absolute atomic E-state index is 0.0308. The minimum Gasteiger partial charge on any atom is -0.327 e. The second-order valence-electron chi connectivity index (χ2n) is 5.68. The van der Waals surface area contributed by atoms with Gasteiger partial charge in [0.05, 0.1) is 5.69 Å². The number of hydrogen-bond acceptors (Lipinski definition) is 5. The van der Waals surface area contributed by atoms with E-state index < -0.39 is 0 Å². The molecule has 7 nitrogen and oxygen atoms in total. The molecule has 1 saturated carbocycles.